The second kappa shape index (κ2) is 9.24. The quantitative estimate of drug-likeness (QED) is 0.215. The molecule has 0 radical (unpaired) electrons. The first-order valence-electron chi connectivity index (χ1n) is 12.0. The van der Waals surface area contributed by atoms with Crippen molar-refractivity contribution in [2.75, 3.05) is 5.75 Å². The lowest BCUT2D eigenvalue weighted by atomic mass is 9.94. The number of hydrogen-bond donors (Lipinski definition) is 0. The smallest absolute Gasteiger partial charge is 0.264 e. The van der Waals surface area contributed by atoms with Crippen LogP contribution in [0.25, 0.3) is 16.0 Å². The molecule has 1 fully saturated rings. The largest absolute Gasteiger partial charge is 0.293 e. The Morgan fingerprint density at radius 2 is 1.82 bits per heavy atom. The van der Waals surface area contributed by atoms with Gasteiger partial charge < -0.3 is 0 Å². The number of aromatic nitrogens is 4. The summed E-state index contributed by atoms with van der Waals surface area (Å²) in [6.07, 6.45) is 9.82. The van der Waals surface area contributed by atoms with Gasteiger partial charge in [-0.25, -0.2) is 4.40 Å². The highest BCUT2D eigenvalue weighted by Gasteiger charge is 2.28. The number of fused-ring (bicyclic) bond motifs is 5. The molecule has 6 nitrogen and oxygen atoms in total. The van der Waals surface area contributed by atoms with Crippen LogP contribution >= 0.6 is 39.0 Å². The summed E-state index contributed by atoms with van der Waals surface area (Å²) in [5.41, 5.74) is 2.02. The Morgan fingerprint density at radius 1 is 1.06 bits per heavy atom. The average Bonchev–Trinajstić information content (AvgIpc) is 3.45. The molecule has 0 atom stereocenters. The van der Waals surface area contributed by atoms with Crippen molar-refractivity contribution in [2.45, 2.75) is 69.0 Å². The van der Waals surface area contributed by atoms with Crippen LogP contribution in [0.5, 0.6) is 0 Å². The Bertz CT molecular complexity index is 1450. The number of aryl methyl sites for hydroxylation is 2. The van der Waals surface area contributed by atoms with Gasteiger partial charge in [0.1, 0.15) is 4.83 Å². The summed E-state index contributed by atoms with van der Waals surface area (Å²) in [4.78, 5) is 29.0. The normalized spacial score (nSPS) is 16.9. The lowest BCUT2D eigenvalue weighted by Gasteiger charge is -2.24. The zero-order valence-corrected chi connectivity index (χ0v) is 22.0. The van der Waals surface area contributed by atoms with Crippen LogP contribution in [-0.4, -0.2) is 30.7 Å². The zero-order valence-electron chi connectivity index (χ0n) is 18.8. The van der Waals surface area contributed by atoms with Crippen LogP contribution < -0.4 is 5.56 Å². The van der Waals surface area contributed by atoms with Gasteiger partial charge in [0.15, 0.2) is 10.9 Å². The third-order valence-corrected chi connectivity index (χ3v) is 9.79. The van der Waals surface area contributed by atoms with Crippen LogP contribution in [0.15, 0.2) is 38.7 Å². The number of benzene rings is 1. The van der Waals surface area contributed by atoms with Crippen LogP contribution in [0.1, 0.15) is 71.8 Å². The van der Waals surface area contributed by atoms with E-state index in [0.29, 0.717) is 16.5 Å². The lowest BCUT2D eigenvalue weighted by molar-refractivity contribution is 0.102. The number of thioether (sulfide) groups is 1. The molecule has 0 amide bonds. The fourth-order valence-electron chi connectivity index (χ4n) is 5.35. The second-order valence-corrected chi connectivity index (χ2v) is 12.1. The third kappa shape index (κ3) is 3.85. The summed E-state index contributed by atoms with van der Waals surface area (Å²) < 4.78 is 4.94. The molecule has 1 saturated carbocycles. The molecular formula is C25H25BrN4O2S2. The first-order valence-corrected chi connectivity index (χ1v) is 14.6. The predicted molar refractivity (Wildman–Crippen MR) is 141 cm³/mol. The minimum Gasteiger partial charge on any atom is -0.293 e. The molecule has 9 heteroatoms. The number of rotatable bonds is 5. The lowest BCUT2D eigenvalue weighted by Crippen LogP contribution is -2.29. The van der Waals surface area contributed by atoms with Crippen molar-refractivity contribution < 1.29 is 4.79 Å². The van der Waals surface area contributed by atoms with Gasteiger partial charge in [-0.05, 0) is 56.2 Å². The van der Waals surface area contributed by atoms with E-state index in [9.17, 15) is 9.59 Å². The molecule has 3 heterocycles. The molecule has 0 unspecified atom stereocenters. The molecule has 0 aliphatic heterocycles. The summed E-state index contributed by atoms with van der Waals surface area (Å²) in [5.74, 6) is 0.954. The SMILES string of the molecule is O=C(CSc1nnc2n(C3CCCCC3)c(=O)c3c4c(sc3n12)CCCC4)c1ccc(Br)cc1. The maximum atomic E-state index is 13.9. The van der Waals surface area contributed by atoms with E-state index in [1.165, 1.54) is 35.0 Å². The number of halogens is 1. The van der Waals surface area contributed by atoms with E-state index >= 15 is 0 Å². The number of thiophene rings is 1. The summed E-state index contributed by atoms with van der Waals surface area (Å²) in [5, 5.41) is 10.6. The number of carbonyl (C=O) groups is 1. The molecule has 0 spiro atoms. The Hall–Kier alpha value is -1.97. The van der Waals surface area contributed by atoms with Gasteiger partial charge in [0.05, 0.1) is 11.1 Å². The van der Waals surface area contributed by atoms with Crippen molar-refractivity contribution in [3.8, 4) is 0 Å². The van der Waals surface area contributed by atoms with E-state index in [4.69, 9.17) is 0 Å². The van der Waals surface area contributed by atoms with Crippen molar-refractivity contribution in [1.29, 1.82) is 0 Å². The van der Waals surface area contributed by atoms with Crippen LogP contribution in [0, 0.1) is 0 Å². The Labute approximate surface area is 213 Å². The van der Waals surface area contributed by atoms with Gasteiger partial charge in [0.25, 0.3) is 5.56 Å². The summed E-state index contributed by atoms with van der Waals surface area (Å²) in [6.45, 7) is 0. The van der Waals surface area contributed by atoms with E-state index in [1.54, 1.807) is 11.3 Å². The van der Waals surface area contributed by atoms with E-state index < -0.39 is 0 Å². The molecule has 2 aliphatic rings. The first kappa shape index (κ1) is 22.5. The number of Topliss-reactive ketones (excluding diaryl/α,β-unsaturated/α-hetero) is 1. The predicted octanol–water partition coefficient (Wildman–Crippen LogP) is 6.23. The highest BCUT2D eigenvalue weighted by Crippen LogP contribution is 2.38. The minimum absolute atomic E-state index is 0.0524. The topological polar surface area (TPSA) is 69.3 Å². The molecule has 4 aromatic rings. The fraction of sp³-hybridized carbons (Fsp3) is 0.440. The van der Waals surface area contributed by atoms with E-state index in [0.717, 1.165) is 59.6 Å². The Kier molecular flexibility index (Phi) is 6.11. The van der Waals surface area contributed by atoms with Crippen LogP contribution in [0.3, 0.4) is 0 Å². The zero-order chi connectivity index (χ0) is 23.2. The van der Waals surface area contributed by atoms with E-state index in [-0.39, 0.29) is 23.1 Å². The molecule has 3 aromatic heterocycles. The molecule has 34 heavy (non-hydrogen) atoms. The number of nitrogens with zero attached hydrogens (tertiary/aromatic N) is 4. The number of ketones is 1. The molecule has 1 aromatic carbocycles. The Balaban J connectivity index is 1.47. The Morgan fingerprint density at radius 3 is 2.62 bits per heavy atom. The molecule has 2 aliphatic carbocycles. The van der Waals surface area contributed by atoms with Gasteiger partial charge in [-0.3, -0.25) is 14.2 Å². The van der Waals surface area contributed by atoms with Crippen molar-refractivity contribution in [3.05, 3.63) is 55.1 Å². The maximum Gasteiger partial charge on any atom is 0.264 e. The molecule has 0 bridgehead atoms. The first-order chi connectivity index (χ1) is 16.6. The fourth-order valence-corrected chi connectivity index (χ4v) is 7.88. The van der Waals surface area contributed by atoms with Gasteiger partial charge in [0.2, 0.25) is 5.78 Å². The second-order valence-electron chi connectivity index (χ2n) is 9.19. The van der Waals surface area contributed by atoms with Crippen LogP contribution in [-0.2, 0) is 12.8 Å². The van der Waals surface area contributed by atoms with Gasteiger partial charge in [-0.15, -0.1) is 21.5 Å². The van der Waals surface area contributed by atoms with Crippen molar-refractivity contribution in [1.82, 2.24) is 19.2 Å². The van der Waals surface area contributed by atoms with Gasteiger partial charge in [0, 0.05) is 21.0 Å². The maximum absolute atomic E-state index is 13.9. The molecule has 6 rings (SSSR count). The van der Waals surface area contributed by atoms with Crippen LogP contribution in [0.4, 0.5) is 0 Å². The molecule has 0 N–H and O–H groups in total. The van der Waals surface area contributed by atoms with E-state index in [1.807, 2.05) is 28.8 Å². The minimum atomic E-state index is 0.0524. The summed E-state index contributed by atoms with van der Waals surface area (Å²) >= 11 is 6.54. The number of carbonyl (C=O) groups excluding carboxylic acids is 1. The monoisotopic (exact) mass is 556 g/mol. The molecule has 176 valence electrons. The third-order valence-electron chi connectivity index (χ3n) is 7.06. The van der Waals surface area contributed by atoms with Gasteiger partial charge in [-0.2, -0.15) is 0 Å². The standard InChI is InChI=1S/C25H25BrN4O2S2/c26-16-12-10-15(11-13-16)19(31)14-33-25-28-27-24-29(17-6-2-1-3-7-17)22(32)21-18-8-4-5-9-20(18)34-23(21)30(24)25/h10-13,17H,1-9,14H2. The van der Waals surface area contributed by atoms with E-state index in [2.05, 4.69) is 30.5 Å². The summed E-state index contributed by atoms with van der Waals surface area (Å²) in [7, 11) is 0. The van der Waals surface area contributed by atoms with Gasteiger partial charge >= 0.3 is 0 Å². The van der Waals surface area contributed by atoms with Crippen LogP contribution in [0.2, 0.25) is 0 Å². The van der Waals surface area contributed by atoms with Gasteiger partial charge in [-0.1, -0.05) is 59.1 Å². The summed E-state index contributed by atoms with van der Waals surface area (Å²) in [6, 6.07) is 7.60. The highest BCUT2D eigenvalue weighted by atomic mass is 79.9. The highest BCUT2D eigenvalue weighted by molar-refractivity contribution is 9.10. The van der Waals surface area contributed by atoms with Crippen molar-refractivity contribution in [2.24, 2.45) is 0 Å². The van der Waals surface area contributed by atoms with Crippen molar-refractivity contribution in [3.63, 3.8) is 0 Å². The molecule has 0 saturated heterocycles. The van der Waals surface area contributed by atoms with Crippen molar-refractivity contribution >= 4 is 60.8 Å². The average molecular weight is 558 g/mol. The molecular weight excluding hydrogens is 532 g/mol. The number of hydrogen-bond acceptors (Lipinski definition) is 6.